The number of nitrogens with zero attached hydrogens (tertiary/aromatic N) is 1. The minimum absolute atomic E-state index is 0.0348. The first-order valence-corrected chi connectivity index (χ1v) is 7.74. The van der Waals surface area contributed by atoms with Crippen molar-refractivity contribution in [1.29, 1.82) is 0 Å². The monoisotopic (exact) mass is 320 g/mol. The summed E-state index contributed by atoms with van der Waals surface area (Å²) in [7, 11) is 0. The second-order valence-electron chi connectivity index (χ2n) is 4.71. The van der Waals surface area contributed by atoms with Crippen molar-refractivity contribution in [3.63, 3.8) is 0 Å². The molecule has 1 amide bonds. The van der Waals surface area contributed by atoms with Gasteiger partial charge in [0, 0.05) is 18.3 Å². The van der Waals surface area contributed by atoms with Gasteiger partial charge in [-0.1, -0.05) is 36.0 Å². The molecular weight excluding hydrogens is 303 g/mol. The number of pyridine rings is 1. The summed E-state index contributed by atoms with van der Waals surface area (Å²) in [6.45, 7) is 1.72. The van der Waals surface area contributed by atoms with Crippen LogP contribution in [0.3, 0.4) is 0 Å². The topological polar surface area (TPSA) is 62.2 Å². The van der Waals surface area contributed by atoms with E-state index in [9.17, 15) is 14.3 Å². The van der Waals surface area contributed by atoms with Crippen molar-refractivity contribution in [3.05, 3.63) is 60.0 Å². The van der Waals surface area contributed by atoms with Crippen molar-refractivity contribution in [1.82, 2.24) is 10.3 Å². The fourth-order valence-corrected chi connectivity index (χ4v) is 2.68. The van der Waals surface area contributed by atoms with Crippen LogP contribution in [0.2, 0.25) is 0 Å². The van der Waals surface area contributed by atoms with Gasteiger partial charge in [0.15, 0.2) is 0 Å². The molecule has 1 aromatic heterocycles. The molecule has 2 rings (SSSR count). The van der Waals surface area contributed by atoms with Crippen LogP contribution in [0.15, 0.2) is 53.7 Å². The van der Waals surface area contributed by atoms with Crippen molar-refractivity contribution in [2.45, 2.75) is 23.3 Å². The van der Waals surface area contributed by atoms with Crippen LogP contribution in [0, 0.1) is 5.82 Å². The molecule has 2 N–H and O–H groups in total. The molecule has 0 saturated heterocycles. The summed E-state index contributed by atoms with van der Waals surface area (Å²) in [5.41, 5.74) is 0.174. The number of thioether (sulfide) groups is 1. The maximum Gasteiger partial charge on any atom is 0.233 e. The maximum atomic E-state index is 13.5. The van der Waals surface area contributed by atoms with Crippen molar-refractivity contribution in [2.24, 2.45) is 0 Å². The first-order chi connectivity index (χ1) is 10.6. The number of aliphatic hydroxyl groups is 1. The van der Waals surface area contributed by atoms with E-state index < -0.39 is 11.9 Å². The lowest BCUT2D eigenvalue weighted by atomic mass is 10.1. The Bertz CT molecular complexity index is 625. The van der Waals surface area contributed by atoms with Crippen LogP contribution in [0.25, 0.3) is 0 Å². The molecule has 1 heterocycles. The smallest absolute Gasteiger partial charge is 0.233 e. The summed E-state index contributed by atoms with van der Waals surface area (Å²) in [5, 5.41) is 13.0. The summed E-state index contributed by atoms with van der Waals surface area (Å²) >= 11 is 1.32. The summed E-state index contributed by atoms with van der Waals surface area (Å²) in [6.07, 6.45) is 0.590. The zero-order valence-corrected chi connectivity index (χ0v) is 12.9. The highest BCUT2D eigenvalue weighted by atomic mass is 32.2. The quantitative estimate of drug-likeness (QED) is 0.803. The lowest BCUT2D eigenvalue weighted by Gasteiger charge is -2.15. The van der Waals surface area contributed by atoms with Crippen molar-refractivity contribution < 1.29 is 14.3 Å². The van der Waals surface area contributed by atoms with Crippen LogP contribution in [0.4, 0.5) is 4.39 Å². The average molecular weight is 320 g/mol. The highest BCUT2D eigenvalue weighted by Gasteiger charge is 2.18. The molecule has 0 aliphatic heterocycles. The number of carbonyl (C=O) groups excluding carboxylic acids is 1. The Labute approximate surface area is 132 Å². The van der Waals surface area contributed by atoms with E-state index in [0.29, 0.717) is 0 Å². The predicted octanol–water partition coefficient (Wildman–Crippen LogP) is 2.55. The number of benzene rings is 1. The molecule has 2 unspecified atom stereocenters. The van der Waals surface area contributed by atoms with Gasteiger partial charge in [0.2, 0.25) is 5.91 Å². The van der Waals surface area contributed by atoms with E-state index in [4.69, 9.17) is 0 Å². The second-order valence-corrected chi connectivity index (χ2v) is 6.07. The van der Waals surface area contributed by atoms with Gasteiger partial charge in [-0.2, -0.15) is 0 Å². The Balaban J connectivity index is 1.86. The SMILES string of the molecule is CC(Sc1ccccn1)C(=O)NCC(O)c1ccccc1F. The number of halogens is 1. The fourth-order valence-electron chi connectivity index (χ4n) is 1.85. The number of hydrogen-bond donors (Lipinski definition) is 2. The minimum Gasteiger partial charge on any atom is -0.386 e. The highest BCUT2D eigenvalue weighted by molar-refractivity contribution is 8.00. The van der Waals surface area contributed by atoms with E-state index in [1.54, 1.807) is 31.3 Å². The molecule has 0 radical (unpaired) electrons. The van der Waals surface area contributed by atoms with E-state index in [0.717, 1.165) is 5.03 Å². The maximum absolute atomic E-state index is 13.5. The number of aromatic nitrogens is 1. The van der Waals surface area contributed by atoms with Crippen molar-refractivity contribution in [3.8, 4) is 0 Å². The fraction of sp³-hybridized carbons (Fsp3) is 0.250. The van der Waals surface area contributed by atoms with Gasteiger partial charge in [-0.3, -0.25) is 4.79 Å². The molecule has 6 heteroatoms. The van der Waals surface area contributed by atoms with Crippen LogP contribution >= 0.6 is 11.8 Å². The van der Waals surface area contributed by atoms with Gasteiger partial charge in [-0.05, 0) is 25.1 Å². The normalized spacial score (nSPS) is 13.4. The second kappa shape index (κ2) is 7.91. The molecule has 116 valence electrons. The molecule has 0 spiro atoms. The lowest BCUT2D eigenvalue weighted by molar-refractivity contribution is -0.120. The first-order valence-electron chi connectivity index (χ1n) is 6.86. The van der Waals surface area contributed by atoms with Crippen LogP contribution < -0.4 is 5.32 Å². The molecule has 0 aliphatic rings. The van der Waals surface area contributed by atoms with E-state index in [-0.39, 0.29) is 23.3 Å². The molecule has 22 heavy (non-hydrogen) atoms. The Morgan fingerprint density at radius 2 is 2.05 bits per heavy atom. The number of aliphatic hydroxyl groups excluding tert-OH is 1. The number of nitrogens with one attached hydrogen (secondary N) is 1. The number of rotatable bonds is 6. The molecule has 0 bridgehead atoms. The molecule has 0 fully saturated rings. The average Bonchev–Trinajstić information content (AvgIpc) is 2.53. The summed E-state index contributed by atoms with van der Waals surface area (Å²) in [6, 6.07) is 11.4. The summed E-state index contributed by atoms with van der Waals surface area (Å²) in [5.74, 6) is -0.716. The predicted molar refractivity (Wildman–Crippen MR) is 83.9 cm³/mol. The Kier molecular flexibility index (Phi) is 5.91. The van der Waals surface area contributed by atoms with Gasteiger partial charge < -0.3 is 10.4 Å². The Morgan fingerprint density at radius 3 is 2.73 bits per heavy atom. The lowest BCUT2D eigenvalue weighted by Crippen LogP contribution is -2.34. The third-order valence-electron chi connectivity index (χ3n) is 3.04. The molecule has 2 aromatic rings. The Morgan fingerprint density at radius 1 is 1.32 bits per heavy atom. The van der Waals surface area contributed by atoms with Gasteiger partial charge >= 0.3 is 0 Å². The molecule has 0 saturated carbocycles. The van der Waals surface area contributed by atoms with Gasteiger partial charge in [0.1, 0.15) is 5.82 Å². The highest BCUT2D eigenvalue weighted by Crippen LogP contribution is 2.21. The number of hydrogen-bond acceptors (Lipinski definition) is 4. The molecule has 0 aliphatic carbocycles. The molecule has 1 aromatic carbocycles. The Hall–Kier alpha value is -1.92. The zero-order valence-electron chi connectivity index (χ0n) is 12.1. The van der Waals surface area contributed by atoms with Gasteiger partial charge in [0.25, 0.3) is 0 Å². The van der Waals surface area contributed by atoms with Gasteiger partial charge in [0.05, 0.1) is 16.4 Å². The van der Waals surface area contributed by atoms with Crippen LogP contribution in [-0.4, -0.2) is 27.8 Å². The third kappa shape index (κ3) is 4.54. The van der Waals surface area contributed by atoms with E-state index in [2.05, 4.69) is 10.3 Å². The van der Waals surface area contributed by atoms with Crippen LogP contribution in [0.5, 0.6) is 0 Å². The zero-order chi connectivity index (χ0) is 15.9. The largest absolute Gasteiger partial charge is 0.386 e. The molecule has 2 atom stereocenters. The van der Waals surface area contributed by atoms with Crippen molar-refractivity contribution in [2.75, 3.05) is 6.54 Å². The van der Waals surface area contributed by atoms with Gasteiger partial charge in [-0.15, -0.1) is 0 Å². The third-order valence-corrected chi connectivity index (χ3v) is 4.09. The van der Waals surface area contributed by atoms with Crippen LogP contribution in [0.1, 0.15) is 18.6 Å². The number of carbonyl (C=O) groups is 1. The first kappa shape index (κ1) is 16.5. The van der Waals surface area contributed by atoms with Crippen LogP contribution in [-0.2, 0) is 4.79 Å². The van der Waals surface area contributed by atoms with Gasteiger partial charge in [-0.25, -0.2) is 9.37 Å². The van der Waals surface area contributed by atoms with Crippen molar-refractivity contribution >= 4 is 17.7 Å². The molecular formula is C16H17FN2O2S. The van der Waals surface area contributed by atoms with E-state index in [1.807, 2.05) is 12.1 Å². The molecule has 4 nitrogen and oxygen atoms in total. The summed E-state index contributed by atoms with van der Waals surface area (Å²) < 4.78 is 13.5. The van der Waals surface area contributed by atoms with E-state index >= 15 is 0 Å². The van der Waals surface area contributed by atoms with E-state index in [1.165, 1.54) is 23.9 Å². The summed E-state index contributed by atoms with van der Waals surface area (Å²) in [4.78, 5) is 16.1. The standard InChI is InChI=1S/C16H17FN2O2S/c1-11(22-15-8-4-5-9-18-15)16(21)19-10-14(20)12-6-2-3-7-13(12)17/h2-9,11,14,20H,10H2,1H3,(H,19,21). The number of amides is 1. The minimum atomic E-state index is -1.07.